The molecule has 1 aliphatic rings. The maximum absolute atomic E-state index is 4.26. The van der Waals surface area contributed by atoms with E-state index in [1.807, 2.05) is 13.2 Å². The predicted octanol–water partition coefficient (Wildman–Crippen LogP) is 2.89. The first-order chi connectivity index (χ1) is 8.20. The maximum atomic E-state index is 4.26. The summed E-state index contributed by atoms with van der Waals surface area (Å²) in [5.74, 6) is 0.958. The van der Waals surface area contributed by atoms with Gasteiger partial charge in [-0.1, -0.05) is 6.42 Å². The third-order valence-corrected chi connectivity index (χ3v) is 3.82. The van der Waals surface area contributed by atoms with Crippen molar-refractivity contribution >= 4 is 5.82 Å². The molecule has 17 heavy (non-hydrogen) atoms. The van der Waals surface area contributed by atoms with E-state index in [1.165, 1.54) is 24.8 Å². The van der Waals surface area contributed by atoms with E-state index in [0.717, 1.165) is 12.4 Å². The molecule has 0 radical (unpaired) electrons. The molecule has 1 aliphatic heterocycles. The van der Waals surface area contributed by atoms with E-state index in [9.17, 15) is 0 Å². The normalized spacial score (nSPS) is 25.8. The van der Waals surface area contributed by atoms with Crippen molar-refractivity contribution in [2.75, 3.05) is 12.4 Å². The van der Waals surface area contributed by atoms with Crippen LogP contribution >= 0.6 is 0 Å². The lowest BCUT2D eigenvalue weighted by molar-refractivity contribution is 0.0953. The number of anilines is 1. The zero-order valence-electron chi connectivity index (χ0n) is 11.1. The summed E-state index contributed by atoms with van der Waals surface area (Å²) < 4.78 is 0. The van der Waals surface area contributed by atoms with Crippen LogP contribution < -0.4 is 5.32 Å². The van der Waals surface area contributed by atoms with Crippen molar-refractivity contribution in [1.82, 2.24) is 9.88 Å². The number of rotatable bonds is 3. The second kappa shape index (κ2) is 5.50. The third-order valence-electron chi connectivity index (χ3n) is 3.82. The van der Waals surface area contributed by atoms with Crippen LogP contribution in [0.15, 0.2) is 18.3 Å². The molecule has 0 unspecified atom stereocenters. The molecule has 0 amide bonds. The average molecular weight is 233 g/mol. The van der Waals surface area contributed by atoms with Crippen LogP contribution in [0.2, 0.25) is 0 Å². The van der Waals surface area contributed by atoms with Crippen LogP contribution in [0.25, 0.3) is 0 Å². The molecule has 1 fully saturated rings. The highest BCUT2D eigenvalue weighted by Crippen LogP contribution is 2.24. The van der Waals surface area contributed by atoms with Gasteiger partial charge in [-0.05, 0) is 44.4 Å². The van der Waals surface area contributed by atoms with Crippen LogP contribution in [-0.4, -0.2) is 29.0 Å². The van der Waals surface area contributed by atoms with Crippen molar-refractivity contribution < 1.29 is 0 Å². The Balaban J connectivity index is 2.07. The Bertz CT molecular complexity index is 354. The van der Waals surface area contributed by atoms with E-state index in [1.54, 1.807) is 0 Å². The Kier molecular flexibility index (Phi) is 4.00. The number of nitrogens with zero attached hydrogens (tertiary/aromatic N) is 2. The van der Waals surface area contributed by atoms with Crippen LogP contribution in [0.4, 0.5) is 5.82 Å². The Morgan fingerprint density at radius 3 is 2.71 bits per heavy atom. The molecule has 1 saturated heterocycles. The monoisotopic (exact) mass is 233 g/mol. The lowest BCUT2D eigenvalue weighted by atomic mass is 9.97. The summed E-state index contributed by atoms with van der Waals surface area (Å²) >= 11 is 0. The van der Waals surface area contributed by atoms with Crippen LogP contribution in [0, 0.1) is 0 Å². The number of likely N-dealkylation sites (tertiary alicyclic amines) is 1. The van der Waals surface area contributed by atoms with Crippen molar-refractivity contribution in [3.8, 4) is 0 Å². The molecular weight excluding hydrogens is 210 g/mol. The predicted molar refractivity (Wildman–Crippen MR) is 72.1 cm³/mol. The number of piperidine rings is 1. The number of pyridine rings is 1. The molecule has 1 N–H and O–H groups in total. The summed E-state index contributed by atoms with van der Waals surface area (Å²) in [6.45, 7) is 5.73. The lowest BCUT2D eigenvalue weighted by Crippen LogP contribution is -2.42. The van der Waals surface area contributed by atoms with Crippen LogP contribution in [0.1, 0.15) is 38.7 Å². The quantitative estimate of drug-likeness (QED) is 0.870. The summed E-state index contributed by atoms with van der Waals surface area (Å²) in [7, 11) is 1.91. The number of hydrogen-bond acceptors (Lipinski definition) is 3. The van der Waals surface area contributed by atoms with Crippen molar-refractivity contribution in [1.29, 1.82) is 0 Å². The summed E-state index contributed by atoms with van der Waals surface area (Å²) in [5.41, 5.74) is 1.35. The molecule has 3 nitrogen and oxygen atoms in total. The van der Waals surface area contributed by atoms with Gasteiger partial charge in [-0.25, -0.2) is 4.98 Å². The fraction of sp³-hybridized carbons (Fsp3) is 0.643. The molecule has 0 spiro atoms. The molecular formula is C14H23N3. The smallest absolute Gasteiger partial charge is 0.125 e. The molecule has 0 bridgehead atoms. The Labute approximate surface area is 104 Å². The largest absolute Gasteiger partial charge is 0.373 e. The zero-order valence-corrected chi connectivity index (χ0v) is 11.1. The van der Waals surface area contributed by atoms with Crippen molar-refractivity contribution in [2.45, 2.75) is 51.7 Å². The van der Waals surface area contributed by atoms with Crippen LogP contribution in [0.5, 0.6) is 0 Å². The van der Waals surface area contributed by atoms with Gasteiger partial charge in [-0.15, -0.1) is 0 Å². The Morgan fingerprint density at radius 1 is 1.35 bits per heavy atom. The first-order valence-corrected chi connectivity index (χ1v) is 6.59. The highest BCUT2D eigenvalue weighted by atomic mass is 15.2. The molecule has 0 aliphatic carbocycles. The molecule has 2 rings (SSSR count). The molecule has 1 aromatic heterocycles. The molecule has 0 saturated carbocycles. The second-order valence-corrected chi connectivity index (χ2v) is 5.10. The van der Waals surface area contributed by atoms with Crippen molar-refractivity contribution in [2.24, 2.45) is 0 Å². The van der Waals surface area contributed by atoms with E-state index in [-0.39, 0.29) is 0 Å². The average Bonchev–Trinajstić information content (AvgIpc) is 2.34. The topological polar surface area (TPSA) is 28.2 Å². The molecule has 3 heteroatoms. The van der Waals surface area contributed by atoms with Gasteiger partial charge in [0.25, 0.3) is 0 Å². The fourth-order valence-electron chi connectivity index (χ4n) is 2.71. The van der Waals surface area contributed by atoms with Gasteiger partial charge in [0.2, 0.25) is 0 Å². The fourth-order valence-corrected chi connectivity index (χ4v) is 2.71. The number of nitrogens with one attached hydrogen (secondary N) is 1. The van der Waals surface area contributed by atoms with Gasteiger partial charge in [0.1, 0.15) is 5.82 Å². The molecule has 2 atom stereocenters. The Morgan fingerprint density at radius 2 is 2.06 bits per heavy atom. The Hall–Kier alpha value is -1.09. The minimum Gasteiger partial charge on any atom is -0.373 e. The summed E-state index contributed by atoms with van der Waals surface area (Å²) in [6, 6.07) is 5.66. The van der Waals surface area contributed by atoms with E-state index in [0.29, 0.717) is 12.1 Å². The van der Waals surface area contributed by atoms with Gasteiger partial charge in [-0.2, -0.15) is 0 Å². The first kappa shape index (κ1) is 12.4. The van der Waals surface area contributed by atoms with E-state index < -0.39 is 0 Å². The molecule has 2 heterocycles. The number of hydrogen-bond donors (Lipinski definition) is 1. The first-order valence-electron chi connectivity index (χ1n) is 6.59. The molecule has 94 valence electrons. The van der Waals surface area contributed by atoms with Crippen molar-refractivity contribution in [3.63, 3.8) is 0 Å². The van der Waals surface area contributed by atoms with E-state index >= 15 is 0 Å². The SMILES string of the molecule is CNc1cc(CN2[C@H](C)CCC[C@@H]2C)ccn1. The number of aromatic nitrogens is 1. The van der Waals surface area contributed by atoms with E-state index in [2.05, 4.69) is 41.2 Å². The van der Waals surface area contributed by atoms with Crippen LogP contribution in [-0.2, 0) is 6.54 Å². The minimum atomic E-state index is 0.699. The van der Waals surface area contributed by atoms with Gasteiger partial charge < -0.3 is 5.32 Å². The third kappa shape index (κ3) is 2.97. The maximum Gasteiger partial charge on any atom is 0.125 e. The van der Waals surface area contributed by atoms with Gasteiger partial charge >= 0.3 is 0 Å². The molecule has 1 aromatic rings. The summed E-state index contributed by atoms with van der Waals surface area (Å²) in [5, 5.41) is 3.10. The lowest BCUT2D eigenvalue weighted by Gasteiger charge is -2.39. The summed E-state index contributed by atoms with van der Waals surface area (Å²) in [4.78, 5) is 6.87. The van der Waals surface area contributed by atoms with Crippen molar-refractivity contribution in [3.05, 3.63) is 23.9 Å². The second-order valence-electron chi connectivity index (χ2n) is 5.10. The highest BCUT2D eigenvalue weighted by Gasteiger charge is 2.24. The molecule has 0 aromatic carbocycles. The van der Waals surface area contributed by atoms with Gasteiger partial charge in [0.05, 0.1) is 0 Å². The zero-order chi connectivity index (χ0) is 12.3. The van der Waals surface area contributed by atoms with Crippen LogP contribution in [0.3, 0.4) is 0 Å². The van der Waals surface area contributed by atoms with Gasteiger partial charge in [0.15, 0.2) is 0 Å². The summed E-state index contributed by atoms with van der Waals surface area (Å²) in [6.07, 6.45) is 5.92. The van der Waals surface area contributed by atoms with Gasteiger partial charge in [-0.3, -0.25) is 4.90 Å². The van der Waals surface area contributed by atoms with E-state index in [4.69, 9.17) is 0 Å². The minimum absolute atomic E-state index is 0.699. The highest BCUT2D eigenvalue weighted by molar-refractivity contribution is 5.36. The van der Waals surface area contributed by atoms with Gasteiger partial charge in [0, 0.05) is 31.9 Å². The standard InChI is InChI=1S/C14H23N3/c1-11-5-4-6-12(2)17(11)10-13-7-8-16-14(9-13)15-3/h7-9,11-12H,4-6,10H2,1-3H3,(H,15,16)/t11-,12+.